The van der Waals surface area contributed by atoms with Crippen molar-refractivity contribution >= 4 is 0 Å². The standard InChI is InChI=1S/C29H31F15N2O5/c1-2-3-4-5-6-7-8-18-13-45-22(46-14-18)19-9-11-21(12-10-19)49-16-20(47)15-48-17-23(30,31)50-28(41,42)29(43,44)51-27(39,40)25(34,35)24(32,33)26(36,37)38/h9-14,20,47H,2-8,15-17H2,1H3/t20-/m0/s1. The van der Waals surface area contributed by atoms with Crippen molar-refractivity contribution in [3.63, 3.8) is 0 Å². The maximum Gasteiger partial charge on any atom is 0.460 e. The predicted octanol–water partition coefficient (Wildman–Crippen LogP) is 9.04. The lowest BCUT2D eigenvalue weighted by molar-refractivity contribution is -0.543. The molecule has 292 valence electrons. The summed E-state index contributed by atoms with van der Waals surface area (Å²) in [4.78, 5) is 8.62. The molecule has 1 N–H and O–H groups in total. The van der Waals surface area contributed by atoms with Crippen LogP contribution < -0.4 is 4.74 Å². The average molecular weight is 773 g/mol. The fourth-order valence-corrected chi connectivity index (χ4v) is 3.92. The van der Waals surface area contributed by atoms with E-state index in [0.29, 0.717) is 11.4 Å². The quantitative estimate of drug-likeness (QED) is 0.0945. The van der Waals surface area contributed by atoms with Crippen LogP contribution in [0.4, 0.5) is 65.9 Å². The molecular weight excluding hydrogens is 741 g/mol. The van der Waals surface area contributed by atoms with Gasteiger partial charge in [0.15, 0.2) is 5.82 Å². The number of ether oxygens (including phenoxy) is 4. The first kappa shape index (κ1) is 44.1. The number of benzene rings is 1. The van der Waals surface area contributed by atoms with Crippen LogP contribution in [0.2, 0.25) is 0 Å². The largest absolute Gasteiger partial charge is 0.491 e. The van der Waals surface area contributed by atoms with Crippen molar-refractivity contribution in [2.75, 3.05) is 19.8 Å². The molecule has 1 aromatic carbocycles. The number of aromatic nitrogens is 2. The molecule has 1 heterocycles. The van der Waals surface area contributed by atoms with Crippen molar-refractivity contribution in [2.24, 2.45) is 0 Å². The number of aliphatic hydroxyl groups is 1. The SMILES string of the molecule is CCCCCCCCc1cnc(-c2ccc(OC[C@@H](O)COCC(F)(F)OC(F)(F)C(F)(F)OC(F)(F)C(F)(F)C(F)(F)C(F)(F)F)cc2)nc1. The highest BCUT2D eigenvalue weighted by atomic mass is 19.4. The summed E-state index contributed by atoms with van der Waals surface area (Å²) >= 11 is 0. The fourth-order valence-electron chi connectivity index (χ4n) is 3.92. The van der Waals surface area contributed by atoms with Crippen molar-refractivity contribution in [1.29, 1.82) is 0 Å². The van der Waals surface area contributed by atoms with E-state index in [1.807, 2.05) is 0 Å². The minimum absolute atomic E-state index is 0.114. The molecule has 0 saturated carbocycles. The second-order valence-corrected chi connectivity index (χ2v) is 11.0. The van der Waals surface area contributed by atoms with Crippen LogP contribution in [0, 0.1) is 0 Å². The molecule has 0 saturated heterocycles. The van der Waals surface area contributed by atoms with Gasteiger partial charge in [-0.15, -0.1) is 0 Å². The molecule has 2 aromatic rings. The van der Waals surface area contributed by atoms with Crippen LogP contribution in [0.3, 0.4) is 0 Å². The topological polar surface area (TPSA) is 82.9 Å². The zero-order chi connectivity index (χ0) is 38.9. The van der Waals surface area contributed by atoms with Crippen molar-refractivity contribution in [3.05, 3.63) is 42.2 Å². The highest BCUT2D eigenvalue weighted by Gasteiger charge is 2.85. The van der Waals surface area contributed by atoms with E-state index in [9.17, 15) is 71.0 Å². The van der Waals surface area contributed by atoms with Crippen LogP contribution >= 0.6 is 0 Å². The Balaban J connectivity index is 1.85. The first-order chi connectivity index (χ1) is 23.3. The normalized spacial score (nSPS) is 14.5. The maximum atomic E-state index is 13.7. The lowest BCUT2D eigenvalue weighted by atomic mass is 10.1. The minimum Gasteiger partial charge on any atom is -0.491 e. The second kappa shape index (κ2) is 17.1. The predicted molar refractivity (Wildman–Crippen MR) is 145 cm³/mol. The molecular formula is C29H31F15N2O5. The van der Waals surface area contributed by atoms with E-state index in [-0.39, 0.29) is 5.75 Å². The van der Waals surface area contributed by atoms with E-state index in [4.69, 9.17) is 4.74 Å². The molecule has 0 bridgehead atoms. The first-order valence-corrected chi connectivity index (χ1v) is 14.8. The number of hydrogen-bond acceptors (Lipinski definition) is 7. The van der Waals surface area contributed by atoms with E-state index in [0.717, 1.165) is 37.7 Å². The number of alkyl halides is 15. The molecule has 1 aromatic heterocycles. The molecule has 0 amide bonds. The van der Waals surface area contributed by atoms with Gasteiger partial charge < -0.3 is 14.6 Å². The molecule has 0 aliphatic heterocycles. The Kier molecular flexibility index (Phi) is 14.8. The Morgan fingerprint density at radius 3 is 1.73 bits per heavy atom. The van der Waals surface area contributed by atoms with Crippen molar-refractivity contribution in [2.45, 2.75) is 100 Å². The number of unbranched alkanes of at least 4 members (excludes halogenated alkanes) is 5. The van der Waals surface area contributed by atoms with Gasteiger partial charge in [0.1, 0.15) is 25.1 Å². The smallest absolute Gasteiger partial charge is 0.460 e. The minimum atomic E-state index is -7.95. The van der Waals surface area contributed by atoms with Gasteiger partial charge >= 0.3 is 42.5 Å². The highest BCUT2D eigenvalue weighted by Crippen LogP contribution is 2.56. The summed E-state index contributed by atoms with van der Waals surface area (Å²) in [6.07, 6.45) is -26.1. The van der Waals surface area contributed by atoms with Gasteiger partial charge in [-0.25, -0.2) is 19.4 Å². The van der Waals surface area contributed by atoms with E-state index in [1.165, 1.54) is 37.1 Å². The summed E-state index contributed by atoms with van der Waals surface area (Å²) in [5, 5.41) is 9.83. The molecule has 7 nitrogen and oxygen atoms in total. The number of hydrogen-bond donors (Lipinski definition) is 1. The van der Waals surface area contributed by atoms with Crippen LogP contribution in [-0.4, -0.2) is 83.5 Å². The molecule has 2 rings (SSSR count). The monoisotopic (exact) mass is 772 g/mol. The summed E-state index contributed by atoms with van der Waals surface area (Å²) in [6, 6.07) is 5.90. The van der Waals surface area contributed by atoms with Gasteiger partial charge in [-0.3, -0.25) is 0 Å². The van der Waals surface area contributed by atoms with Crippen molar-refractivity contribution < 1.29 is 89.9 Å². The number of aryl methyl sites for hydroxylation is 1. The van der Waals surface area contributed by atoms with E-state index >= 15 is 0 Å². The van der Waals surface area contributed by atoms with Gasteiger partial charge in [0, 0.05) is 18.0 Å². The number of nitrogens with zero attached hydrogens (tertiary/aromatic N) is 2. The molecule has 0 radical (unpaired) electrons. The maximum absolute atomic E-state index is 13.7. The number of aliphatic hydroxyl groups excluding tert-OH is 1. The Labute approximate surface area is 280 Å². The van der Waals surface area contributed by atoms with Crippen LogP contribution in [0.15, 0.2) is 36.7 Å². The third kappa shape index (κ3) is 12.0. The summed E-state index contributed by atoms with van der Waals surface area (Å²) in [5.41, 5.74) is 1.53. The summed E-state index contributed by atoms with van der Waals surface area (Å²) in [5.74, 6) is -15.3. The zero-order valence-electron chi connectivity index (χ0n) is 26.3. The Morgan fingerprint density at radius 1 is 0.647 bits per heavy atom. The van der Waals surface area contributed by atoms with Gasteiger partial charge in [-0.05, 0) is 42.7 Å². The number of halogens is 15. The Bertz CT molecular complexity index is 1350. The molecule has 0 aliphatic rings. The summed E-state index contributed by atoms with van der Waals surface area (Å²) in [6.45, 7) is -2.19. The van der Waals surface area contributed by atoms with Crippen molar-refractivity contribution in [3.8, 4) is 17.1 Å². The van der Waals surface area contributed by atoms with Crippen LogP contribution in [0.25, 0.3) is 11.4 Å². The third-order valence-electron chi connectivity index (χ3n) is 6.65. The second-order valence-electron chi connectivity index (χ2n) is 11.0. The highest BCUT2D eigenvalue weighted by molar-refractivity contribution is 5.55. The Hall–Kier alpha value is -3.11. The summed E-state index contributed by atoms with van der Waals surface area (Å²) in [7, 11) is 0. The van der Waals surface area contributed by atoms with Gasteiger partial charge in [0.05, 0.1) is 6.61 Å². The molecule has 0 fully saturated rings. The van der Waals surface area contributed by atoms with Gasteiger partial charge in [-0.2, -0.15) is 65.9 Å². The van der Waals surface area contributed by atoms with Crippen LogP contribution in [0.1, 0.15) is 51.0 Å². The van der Waals surface area contributed by atoms with Crippen LogP contribution in [0.5, 0.6) is 5.75 Å². The average Bonchev–Trinajstić information content (AvgIpc) is 3.00. The zero-order valence-corrected chi connectivity index (χ0v) is 26.3. The molecule has 1 atom stereocenters. The number of rotatable bonds is 22. The van der Waals surface area contributed by atoms with Crippen molar-refractivity contribution in [1.82, 2.24) is 9.97 Å². The van der Waals surface area contributed by atoms with E-state index in [2.05, 4.69) is 26.4 Å². The van der Waals surface area contributed by atoms with Gasteiger partial charge in [0.2, 0.25) is 0 Å². The van der Waals surface area contributed by atoms with Gasteiger partial charge in [0.25, 0.3) is 0 Å². The Morgan fingerprint density at radius 2 is 1.18 bits per heavy atom. The molecule has 0 unspecified atom stereocenters. The summed E-state index contributed by atoms with van der Waals surface area (Å²) < 4.78 is 209. The molecule has 0 aliphatic carbocycles. The first-order valence-electron chi connectivity index (χ1n) is 14.8. The molecule has 0 spiro atoms. The molecule has 22 heteroatoms. The fraction of sp³-hybridized carbons (Fsp3) is 0.655. The third-order valence-corrected chi connectivity index (χ3v) is 6.65. The van der Waals surface area contributed by atoms with E-state index < -0.39 is 68.4 Å². The van der Waals surface area contributed by atoms with Gasteiger partial charge in [-0.1, -0.05) is 39.0 Å². The van der Waals surface area contributed by atoms with E-state index in [1.54, 1.807) is 17.1 Å². The lowest BCUT2D eigenvalue weighted by Gasteiger charge is -2.36. The molecule has 51 heavy (non-hydrogen) atoms. The lowest BCUT2D eigenvalue weighted by Crippen LogP contribution is -2.64. The van der Waals surface area contributed by atoms with Crippen LogP contribution in [-0.2, 0) is 20.6 Å².